The summed E-state index contributed by atoms with van der Waals surface area (Å²) >= 11 is 0. The number of hydrogen-bond acceptors (Lipinski definition) is 5. The molecular weight excluding hydrogens is 368 g/mol. The Bertz CT molecular complexity index is 1010. The lowest BCUT2D eigenvalue weighted by atomic mass is 10.2. The van der Waals surface area contributed by atoms with Crippen molar-refractivity contribution in [2.75, 3.05) is 16.0 Å². The number of amides is 2. The first kappa shape index (κ1) is 18.9. The van der Waals surface area contributed by atoms with Gasteiger partial charge in [0, 0.05) is 24.4 Å². The minimum atomic E-state index is -0.772. The summed E-state index contributed by atoms with van der Waals surface area (Å²) in [6.45, 7) is 1.40. The van der Waals surface area contributed by atoms with E-state index in [0.717, 1.165) is 12.1 Å². The molecule has 2 aromatic carbocycles. The van der Waals surface area contributed by atoms with Crippen molar-refractivity contribution in [3.63, 3.8) is 0 Å². The number of anilines is 4. The smallest absolute Gasteiger partial charge is 0.276 e. The van der Waals surface area contributed by atoms with Gasteiger partial charge in [-0.3, -0.25) is 9.59 Å². The van der Waals surface area contributed by atoms with Crippen molar-refractivity contribution in [1.29, 1.82) is 0 Å². The lowest BCUT2D eigenvalue weighted by molar-refractivity contribution is -0.114. The zero-order valence-electron chi connectivity index (χ0n) is 14.7. The third-order valence-corrected chi connectivity index (χ3v) is 3.55. The summed E-state index contributed by atoms with van der Waals surface area (Å²) < 4.78 is 26.6. The fourth-order valence-corrected chi connectivity index (χ4v) is 2.28. The van der Waals surface area contributed by atoms with Gasteiger partial charge in [-0.05, 0) is 48.5 Å². The van der Waals surface area contributed by atoms with Gasteiger partial charge in [0.2, 0.25) is 5.91 Å². The maximum absolute atomic E-state index is 13.6. The Morgan fingerprint density at radius 1 is 0.857 bits per heavy atom. The molecule has 0 spiro atoms. The third kappa shape index (κ3) is 4.85. The molecule has 0 aliphatic carbocycles. The van der Waals surface area contributed by atoms with Crippen LogP contribution in [-0.2, 0) is 4.79 Å². The first-order valence-corrected chi connectivity index (χ1v) is 8.15. The van der Waals surface area contributed by atoms with Crippen LogP contribution in [0.4, 0.5) is 31.7 Å². The highest BCUT2D eigenvalue weighted by atomic mass is 19.1. The van der Waals surface area contributed by atoms with E-state index in [0.29, 0.717) is 11.4 Å². The SMILES string of the molecule is CC(=O)Nc1ccc(NC(=O)c2ccc(Nc3ccc(F)cc3F)nn2)cc1. The molecule has 0 aliphatic heterocycles. The van der Waals surface area contributed by atoms with Crippen LogP contribution in [0.1, 0.15) is 17.4 Å². The van der Waals surface area contributed by atoms with Gasteiger partial charge >= 0.3 is 0 Å². The summed E-state index contributed by atoms with van der Waals surface area (Å²) in [5, 5.41) is 15.5. The summed E-state index contributed by atoms with van der Waals surface area (Å²) in [4.78, 5) is 23.2. The topological polar surface area (TPSA) is 96.0 Å². The van der Waals surface area contributed by atoms with E-state index in [4.69, 9.17) is 0 Å². The molecule has 0 fully saturated rings. The molecule has 142 valence electrons. The summed E-state index contributed by atoms with van der Waals surface area (Å²) in [5.41, 5.74) is 1.20. The average molecular weight is 383 g/mol. The van der Waals surface area contributed by atoms with Crippen LogP contribution in [0.15, 0.2) is 54.6 Å². The Kier molecular flexibility index (Phi) is 5.54. The standard InChI is InChI=1S/C19H15F2N5O2/c1-11(27)22-13-3-5-14(6-4-13)23-19(28)17-8-9-18(26-25-17)24-16-7-2-12(20)10-15(16)21/h2-10H,1H3,(H,22,27)(H,23,28)(H,24,26). The number of nitrogens with one attached hydrogen (secondary N) is 3. The van der Waals surface area contributed by atoms with Crippen LogP contribution in [0.25, 0.3) is 0 Å². The number of hydrogen-bond donors (Lipinski definition) is 3. The van der Waals surface area contributed by atoms with E-state index in [9.17, 15) is 18.4 Å². The second-order valence-electron chi connectivity index (χ2n) is 5.77. The number of carbonyl (C=O) groups excluding carboxylic acids is 2. The van der Waals surface area contributed by atoms with Crippen LogP contribution in [-0.4, -0.2) is 22.0 Å². The minimum Gasteiger partial charge on any atom is -0.336 e. The minimum absolute atomic E-state index is 0.0344. The van der Waals surface area contributed by atoms with Gasteiger partial charge in [-0.15, -0.1) is 10.2 Å². The summed E-state index contributed by atoms with van der Waals surface area (Å²) in [6, 6.07) is 12.5. The van der Waals surface area contributed by atoms with E-state index in [-0.39, 0.29) is 23.1 Å². The molecule has 0 unspecified atom stereocenters. The van der Waals surface area contributed by atoms with Gasteiger partial charge in [-0.25, -0.2) is 8.78 Å². The molecule has 0 saturated carbocycles. The molecule has 7 nitrogen and oxygen atoms in total. The van der Waals surface area contributed by atoms with Gasteiger partial charge in [-0.2, -0.15) is 0 Å². The van der Waals surface area contributed by atoms with Gasteiger partial charge in [0.25, 0.3) is 5.91 Å². The highest BCUT2D eigenvalue weighted by molar-refractivity contribution is 6.03. The number of benzene rings is 2. The maximum Gasteiger partial charge on any atom is 0.276 e. The first-order valence-electron chi connectivity index (χ1n) is 8.15. The van der Waals surface area contributed by atoms with Gasteiger partial charge in [0.1, 0.15) is 11.6 Å². The van der Waals surface area contributed by atoms with E-state index < -0.39 is 17.5 Å². The zero-order chi connectivity index (χ0) is 20.1. The van der Waals surface area contributed by atoms with E-state index in [1.165, 1.54) is 25.1 Å². The van der Waals surface area contributed by atoms with Gasteiger partial charge in [-0.1, -0.05) is 0 Å². The lowest BCUT2D eigenvalue weighted by Gasteiger charge is -2.08. The van der Waals surface area contributed by atoms with Crippen molar-refractivity contribution in [1.82, 2.24) is 10.2 Å². The molecule has 0 atom stereocenters. The maximum atomic E-state index is 13.6. The zero-order valence-corrected chi connectivity index (χ0v) is 14.7. The highest BCUT2D eigenvalue weighted by Crippen LogP contribution is 2.19. The first-order chi connectivity index (χ1) is 13.4. The predicted octanol–water partition coefficient (Wildman–Crippen LogP) is 3.71. The van der Waals surface area contributed by atoms with Gasteiger partial charge in [0.15, 0.2) is 11.5 Å². The van der Waals surface area contributed by atoms with Crippen molar-refractivity contribution >= 4 is 34.7 Å². The Morgan fingerprint density at radius 3 is 2.11 bits per heavy atom. The Balaban J connectivity index is 1.64. The quantitative estimate of drug-likeness (QED) is 0.624. The fourth-order valence-electron chi connectivity index (χ4n) is 2.28. The van der Waals surface area contributed by atoms with E-state index in [1.807, 2.05) is 0 Å². The van der Waals surface area contributed by atoms with Crippen molar-refractivity contribution in [2.24, 2.45) is 0 Å². The van der Waals surface area contributed by atoms with Crippen molar-refractivity contribution in [2.45, 2.75) is 6.92 Å². The van der Waals surface area contributed by atoms with E-state index in [2.05, 4.69) is 26.1 Å². The number of rotatable bonds is 5. The second kappa shape index (κ2) is 8.21. The monoisotopic (exact) mass is 383 g/mol. The average Bonchev–Trinajstić information content (AvgIpc) is 2.66. The molecule has 9 heteroatoms. The highest BCUT2D eigenvalue weighted by Gasteiger charge is 2.10. The molecule has 0 radical (unpaired) electrons. The van der Waals surface area contributed by atoms with Crippen molar-refractivity contribution < 1.29 is 18.4 Å². The number of halogens is 2. The largest absolute Gasteiger partial charge is 0.336 e. The molecule has 1 heterocycles. The van der Waals surface area contributed by atoms with Crippen molar-refractivity contribution in [3.8, 4) is 0 Å². The molecule has 3 rings (SSSR count). The van der Waals surface area contributed by atoms with E-state index >= 15 is 0 Å². The Morgan fingerprint density at radius 2 is 1.54 bits per heavy atom. The van der Waals surface area contributed by atoms with Gasteiger partial charge < -0.3 is 16.0 Å². The Hall–Kier alpha value is -3.88. The lowest BCUT2D eigenvalue weighted by Crippen LogP contribution is -2.14. The number of nitrogens with zero attached hydrogens (tertiary/aromatic N) is 2. The summed E-state index contributed by atoms with van der Waals surface area (Å²) in [7, 11) is 0. The normalized spacial score (nSPS) is 10.2. The van der Waals surface area contributed by atoms with Crippen LogP contribution in [0.5, 0.6) is 0 Å². The molecule has 3 aromatic rings. The van der Waals surface area contributed by atoms with Crippen LogP contribution in [0.2, 0.25) is 0 Å². The molecule has 0 saturated heterocycles. The van der Waals surface area contributed by atoms with Crippen LogP contribution in [0, 0.1) is 11.6 Å². The summed E-state index contributed by atoms with van der Waals surface area (Å²) in [6.07, 6.45) is 0. The third-order valence-electron chi connectivity index (χ3n) is 3.55. The van der Waals surface area contributed by atoms with Crippen LogP contribution in [0.3, 0.4) is 0 Å². The predicted molar refractivity (Wildman–Crippen MR) is 100 cm³/mol. The van der Waals surface area contributed by atoms with Crippen LogP contribution < -0.4 is 16.0 Å². The molecule has 1 aromatic heterocycles. The molecule has 28 heavy (non-hydrogen) atoms. The molecule has 0 bridgehead atoms. The number of aromatic nitrogens is 2. The number of carbonyl (C=O) groups is 2. The Labute approximate surface area is 158 Å². The van der Waals surface area contributed by atoms with Crippen molar-refractivity contribution in [3.05, 3.63) is 71.9 Å². The summed E-state index contributed by atoms with van der Waals surface area (Å²) in [5.74, 6) is -1.94. The molecule has 2 amide bonds. The van der Waals surface area contributed by atoms with Crippen LogP contribution >= 0.6 is 0 Å². The van der Waals surface area contributed by atoms with Gasteiger partial charge in [0.05, 0.1) is 5.69 Å². The fraction of sp³-hybridized carbons (Fsp3) is 0.0526. The molecular formula is C19H15F2N5O2. The second-order valence-corrected chi connectivity index (χ2v) is 5.77. The van der Waals surface area contributed by atoms with E-state index in [1.54, 1.807) is 24.3 Å². The molecule has 3 N–H and O–H groups in total. The molecule has 0 aliphatic rings.